The molecule has 4 N–H and O–H groups in total. The predicted octanol–water partition coefficient (Wildman–Crippen LogP) is 0.125. The number of carbonyl (C=O) groups is 2. The minimum Gasteiger partial charge on any atom is -0.481 e. The lowest BCUT2D eigenvalue weighted by atomic mass is 9.84. The molecule has 0 heterocycles. The fraction of sp³-hybridized carbons (Fsp3) is 0.846. The average molecular weight is 273 g/mol. The Bertz CT molecular complexity index is 342. The van der Waals surface area contributed by atoms with Gasteiger partial charge in [-0.15, -0.1) is 0 Å². The van der Waals surface area contributed by atoms with Crippen LogP contribution in [0, 0.1) is 11.3 Å². The summed E-state index contributed by atoms with van der Waals surface area (Å²) in [5.41, 5.74) is -0.912. The number of carbonyl (C=O) groups excluding carboxylic acids is 1. The molecule has 0 aromatic heterocycles. The van der Waals surface area contributed by atoms with Gasteiger partial charge in [-0.05, 0) is 19.3 Å². The van der Waals surface area contributed by atoms with Gasteiger partial charge in [0.1, 0.15) is 6.10 Å². The van der Waals surface area contributed by atoms with E-state index in [0.29, 0.717) is 12.8 Å². The fourth-order valence-electron chi connectivity index (χ4n) is 2.27. The van der Waals surface area contributed by atoms with Crippen molar-refractivity contribution in [2.75, 3.05) is 6.61 Å². The monoisotopic (exact) mass is 273 g/mol. The highest BCUT2D eigenvalue weighted by Gasteiger charge is 2.35. The molecule has 3 unspecified atom stereocenters. The summed E-state index contributed by atoms with van der Waals surface area (Å²) >= 11 is 0. The molecule has 0 radical (unpaired) electrons. The lowest BCUT2D eigenvalue weighted by Crippen LogP contribution is -2.50. The van der Waals surface area contributed by atoms with Gasteiger partial charge in [0.05, 0.1) is 12.5 Å². The zero-order chi connectivity index (χ0) is 14.6. The molecule has 19 heavy (non-hydrogen) atoms. The summed E-state index contributed by atoms with van der Waals surface area (Å²) in [6.07, 6.45) is 1.20. The van der Waals surface area contributed by atoms with Crippen molar-refractivity contribution in [1.82, 2.24) is 5.32 Å². The second kappa shape index (κ2) is 6.34. The Balaban J connectivity index is 2.55. The molecule has 6 nitrogen and oxygen atoms in total. The molecule has 0 aliphatic heterocycles. The maximum Gasteiger partial charge on any atom is 0.306 e. The van der Waals surface area contributed by atoms with Crippen molar-refractivity contribution in [2.24, 2.45) is 11.3 Å². The Hall–Kier alpha value is -1.14. The van der Waals surface area contributed by atoms with E-state index < -0.39 is 29.3 Å². The third-order valence-corrected chi connectivity index (χ3v) is 3.77. The van der Waals surface area contributed by atoms with E-state index in [4.69, 9.17) is 10.2 Å². The Morgan fingerprint density at radius 3 is 2.53 bits per heavy atom. The average Bonchev–Trinajstić information content (AvgIpc) is 2.38. The van der Waals surface area contributed by atoms with Crippen molar-refractivity contribution >= 4 is 11.9 Å². The first-order valence-corrected chi connectivity index (χ1v) is 6.60. The van der Waals surface area contributed by atoms with E-state index in [2.05, 4.69) is 5.32 Å². The number of aliphatic hydroxyl groups is 2. The predicted molar refractivity (Wildman–Crippen MR) is 68.4 cm³/mol. The molecule has 0 aromatic carbocycles. The van der Waals surface area contributed by atoms with E-state index >= 15 is 0 Å². The Morgan fingerprint density at radius 2 is 2.00 bits per heavy atom. The van der Waals surface area contributed by atoms with E-state index in [-0.39, 0.29) is 12.6 Å². The van der Waals surface area contributed by atoms with Crippen molar-refractivity contribution in [3.05, 3.63) is 0 Å². The second-order valence-corrected chi connectivity index (χ2v) is 5.96. The first kappa shape index (κ1) is 15.9. The van der Waals surface area contributed by atoms with E-state index in [1.807, 2.05) is 0 Å². The molecule has 1 saturated carbocycles. The number of nitrogens with one attached hydrogen (secondary N) is 1. The van der Waals surface area contributed by atoms with Crippen molar-refractivity contribution in [2.45, 2.75) is 51.7 Å². The minimum atomic E-state index is -1.30. The molecular formula is C13H23NO5. The van der Waals surface area contributed by atoms with Crippen molar-refractivity contribution in [3.8, 4) is 0 Å². The summed E-state index contributed by atoms with van der Waals surface area (Å²) in [5.74, 6) is -1.81. The zero-order valence-electron chi connectivity index (χ0n) is 11.4. The Morgan fingerprint density at radius 1 is 1.37 bits per heavy atom. The van der Waals surface area contributed by atoms with Crippen LogP contribution in [0.25, 0.3) is 0 Å². The number of aliphatic hydroxyl groups excluding tert-OH is 2. The van der Waals surface area contributed by atoms with Crippen LogP contribution in [0.3, 0.4) is 0 Å². The van der Waals surface area contributed by atoms with Gasteiger partial charge in [0.2, 0.25) is 5.91 Å². The maximum atomic E-state index is 11.9. The maximum absolute atomic E-state index is 11.9. The van der Waals surface area contributed by atoms with E-state index in [9.17, 15) is 14.7 Å². The minimum absolute atomic E-state index is 0.216. The molecular weight excluding hydrogens is 250 g/mol. The van der Waals surface area contributed by atoms with Crippen LogP contribution in [-0.2, 0) is 9.59 Å². The molecule has 1 fully saturated rings. The van der Waals surface area contributed by atoms with Gasteiger partial charge < -0.3 is 20.6 Å². The van der Waals surface area contributed by atoms with Crippen LogP contribution in [0.4, 0.5) is 0 Å². The third-order valence-electron chi connectivity index (χ3n) is 3.77. The highest BCUT2D eigenvalue weighted by Crippen LogP contribution is 2.25. The van der Waals surface area contributed by atoms with Crippen LogP contribution in [0.1, 0.15) is 39.5 Å². The van der Waals surface area contributed by atoms with E-state index in [1.54, 1.807) is 13.8 Å². The molecule has 1 aliphatic carbocycles. The molecule has 110 valence electrons. The van der Waals surface area contributed by atoms with Crippen LogP contribution in [0.5, 0.6) is 0 Å². The molecule has 1 aliphatic rings. The Labute approximate surface area is 112 Å². The first-order chi connectivity index (χ1) is 8.77. The SMILES string of the molecule is CC(C)(CO)C(O)C(=O)NC1CCCC(C(=O)O)C1. The van der Waals surface area contributed by atoms with Gasteiger partial charge >= 0.3 is 5.97 Å². The quantitative estimate of drug-likeness (QED) is 0.569. The van der Waals surface area contributed by atoms with Crippen LogP contribution >= 0.6 is 0 Å². The van der Waals surface area contributed by atoms with Crippen LogP contribution in [0.2, 0.25) is 0 Å². The van der Waals surface area contributed by atoms with Crippen molar-refractivity contribution in [1.29, 1.82) is 0 Å². The normalized spacial score (nSPS) is 25.7. The van der Waals surface area contributed by atoms with Crippen LogP contribution in [0.15, 0.2) is 0 Å². The molecule has 0 spiro atoms. The molecule has 0 saturated heterocycles. The van der Waals surface area contributed by atoms with E-state index in [0.717, 1.165) is 12.8 Å². The highest BCUT2D eigenvalue weighted by molar-refractivity contribution is 5.81. The molecule has 0 aromatic rings. The molecule has 3 atom stereocenters. The number of aliphatic carboxylic acids is 1. The summed E-state index contributed by atoms with van der Waals surface area (Å²) in [6, 6.07) is -0.216. The van der Waals surface area contributed by atoms with Gasteiger partial charge in [0.15, 0.2) is 0 Å². The fourth-order valence-corrected chi connectivity index (χ4v) is 2.27. The molecule has 1 rings (SSSR count). The summed E-state index contributed by atoms with van der Waals surface area (Å²) < 4.78 is 0. The lowest BCUT2D eigenvalue weighted by molar-refractivity contribution is -0.144. The summed E-state index contributed by atoms with van der Waals surface area (Å²) in [6.45, 7) is 2.89. The number of carboxylic acid groups (broad SMARTS) is 1. The van der Waals surface area contributed by atoms with Gasteiger partial charge in [-0.3, -0.25) is 9.59 Å². The van der Waals surface area contributed by atoms with Crippen molar-refractivity contribution in [3.63, 3.8) is 0 Å². The van der Waals surface area contributed by atoms with Crippen molar-refractivity contribution < 1.29 is 24.9 Å². The van der Waals surface area contributed by atoms with E-state index in [1.165, 1.54) is 0 Å². The van der Waals surface area contributed by atoms with Gasteiger partial charge in [-0.2, -0.15) is 0 Å². The number of hydrogen-bond donors (Lipinski definition) is 4. The van der Waals surface area contributed by atoms with Gasteiger partial charge in [0, 0.05) is 11.5 Å². The largest absolute Gasteiger partial charge is 0.481 e. The second-order valence-electron chi connectivity index (χ2n) is 5.96. The van der Waals surface area contributed by atoms with Crippen LogP contribution in [-0.4, -0.2) is 45.9 Å². The number of hydrogen-bond acceptors (Lipinski definition) is 4. The molecule has 1 amide bonds. The van der Waals surface area contributed by atoms with Gasteiger partial charge in [0.25, 0.3) is 0 Å². The summed E-state index contributed by atoms with van der Waals surface area (Å²) in [7, 11) is 0. The lowest BCUT2D eigenvalue weighted by Gasteiger charge is -2.31. The van der Waals surface area contributed by atoms with Gasteiger partial charge in [-0.1, -0.05) is 20.3 Å². The number of carboxylic acids is 1. The van der Waals surface area contributed by atoms with Crippen LogP contribution < -0.4 is 5.32 Å². The highest BCUT2D eigenvalue weighted by atomic mass is 16.4. The third kappa shape index (κ3) is 4.18. The Kier molecular flexibility index (Phi) is 5.31. The standard InChI is InChI=1S/C13H23NO5/c1-13(2,7-15)10(16)11(17)14-9-5-3-4-8(6-9)12(18)19/h8-10,15-16H,3-7H2,1-2H3,(H,14,17)(H,18,19). The number of amides is 1. The summed E-state index contributed by atoms with van der Waals surface area (Å²) in [5, 5.41) is 30.6. The first-order valence-electron chi connectivity index (χ1n) is 6.60. The number of rotatable bonds is 5. The summed E-state index contributed by atoms with van der Waals surface area (Å²) in [4.78, 5) is 22.8. The molecule has 6 heteroatoms. The topological polar surface area (TPSA) is 107 Å². The molecule has 0 bridgehead atoms. The van der Waals surface area contributed by atoms with Gasteiger partial charge in [-0.25, -0.2) is 0 Å². The zero-order valence-corrected chi connectivity index (χ0v) is 11.4. The smallest absolute Gasteiger partial charge is 0.306 e.